The lowest BCUT2D eigenvalue weighted by Crippen LogP contribution is -2.15. The second kappa shape index (κ2) is 14.2. The van der Waals surface area contributed by atoms with Gasteiger partial charge in [-0.1, -0.05) is 78.2 Å². The van der Waals surface area contributed by atoms with Gasteiger partial charge in [0.25, 0.3) is 0 Å². The lowest BCUT2D eigenvalue weighted by Gasteiger charge is -2.16. The van der Waals surface area contributed by atoms with E-state index in [1.165, 1.54) is 70.6 Å². The molecular weight excluding hydrogens is 260 g/mol. The normalized spacial score (nSPS) is 12.1. The number of carbonyl (C=O) groups is 1. The van der Waals surface area contributed by atoms with Gasteiger partial charge in [0.2, 0.25) is 0 Å². The first-order valence-corrected chi connectivity index (χ1v) is 8.94. The van der Waals surface area contributed by atoms with Crippen molar-refractivity contribution in [1.82, 2.24) is 0 Å². The fraction of sp³-hybridized carbons (Fsp3) is 0.842. The van der Waals surface area contributed by atoms with E-state index in [9.17, 15) is 4.79 Å². The monoisotopic (exact) mass is 296 g/mol. The van der Waals surface area contributed by atoms with Crippen molar-refractivity contribution in [3.63, 3.8) is 0 Å². The lowest BCUT2D eigenvalue weighted by atomic mass is 9.95. The van der Waals surface area contributed by atoms with Gasteiger partial charge in [-0.25, -0.2) is 4.79 Å². The summed E-state index contributed by atoms with van der Waals surface area (Å²) in [6.07, 6.45) is 14.2. The molecule has 1 atom stereocenters. The van der Waals surface area contributed by atoms with E-state index in [4.69, 9.17) is 4.74 Å². The molecule has 0 spiro atoms. The Bertz CT molecular complexity index is 271. The van der Waals surface area contributed by atoms with E-state index >= 15 is 0 Å². The van der Waals surface area contributed by atoms with Crippen LogP contribution in [0, 0.1) is 5.92 Å². The number of hydrogen-bond acceptors (Lipinski definition) is 2. The standard InChI is InChI=1S/C19H36O2/c1-5-7-9-10-11-12-13-15-18(14-8-6-2)16-21-19(20)17(3)4/h18H,3,5-16H2,1-2,4H3. The zero-order valence-corrected chi connectivity index (χ0v) is 14.6. The molecule has 0 aliphatic carbocycles. The molecule has 2 heteroatoms. The molecule has 0 amide bonds. The Morgan fingerprint density at radius 2 is 1.43 bits per heavy atom. The highest BCUT2D eigenvalue weighted by Crippen LogP contribution is 2.19. The summed E-state index contributed by atoms with van der Waals surface area (Å²) in [5, 5.41) is 0. The molecule has 0 aromatic carbocycles. The molecule has 0 radical (unpaired) electrons. The summed E-state index contributed by atoms with van der Waals surface area (Å²) in [6, 6.07) is 0. The molecule has 0 aromatic rings. The molecule has 0 saturated carbocycles. The van der Waals surface area contributed by atoms with E-state index in [2.05, 4.69) is 20.4 Å². The van der Waals surface area contributed by atoms with E-state index in [0.717, 1.165) is 0 Å². The van der Waals surface area contributed by atoms with E-state index in [1.54, 1.807) is 6.92 Å². The van der Waals surface area contributed by atoms with Crippen LogP contribution < -0.4 is 0 Å². The van der Waals surface area contributed by atoms with Crippen LogP contribution in [0.25, 0.3) is 0 Å². The quantitative estimate of drug-likeness (QED) is 0.221. The first-order chi connectivity index (χ1) is 10.1. The Hall–Kier alpha value is -0.790. The Balaban J connectivity index is 3.79. The first-order valence-electron chi connectivity index (χ1n) is 8.94. The SMILES string of the molecule is C=C(C)C(=O)OCC(CCCC)CCCCCCCCC. The largest absolute Gasteiger partial charge is 0.462 e. The van der Waals surface area contributed by atoms with Crippen LogP contribution in [-0.2, 0) is 9.53 Å². The van der Waals surface area contributed by atoms with Gasteiger partial charge in [-0.15, -0.1) is 0 Å². The molecule has 124 valence electrons. The number of esters is 1. The average molecular weight is 296 g/mol. The Morgan fingerprint density at radius 3 is 2.00 bits per heavy atom. The van der Waals surface area contributed by atoms with Gasteiger partial charge in [0.15, 0.2) is 0 Å². The van der Waals surface area contributed by atoms with E-state index in [1.807, 2.05) is 0 Å². The average Bonchev–Trinajstić information content (AvgIpc) is 2.47. The topological polar surface area (TPSA) is 26.3 Å². The first kappa shape index (κ1) is 20.2. The van der Waals surface area contributed by atoms with Crippen molar-refractivity contribution in [1.29, 1.82) is 0 Å². The summed E-state index contributed by atoms with van der Waals surface area (Å²) in [7, 11) is 0. The molecule has 21 heavy (non-hydrogen) atoms. The van der Waals surface area contributed by atoms with Gasteiger partial charge in [-0.3, -0.25) is 0 Å². The molecule has 0 fully saturated rings. The van der Waals surface area contributed by atoms with Gasteiger partial charge >= 0.3 is 5.97 Å². The summed E-state index contributed by atoms with van der Waals surface area (Å²) in [5.74, 6) is 0.292. The summed E-state index contributed by atoms with van der Waals surface area (Å²) >= 11 is 0. The predicted octanol–water partition coefficient (Wildman–Crippen LogP) is 6.05. The fourth-order valence-corrected chi connectivity index (χ4v) is 2.51. The molecular formula is C19H36O2. The van der Waals surface area contributed by atoms with Crippen LogP contribution in [0.4, 0.5) is 0 Å². The summed E-state index contributed by atoms with van der Waals surface area (Å²) in [4.78, 5) is 11.5. The molecule has 0 rings (SSSR count). The molecule has 0 saturated heterocycles. The van der Waals surface area contributed by atoms with Gasteiger partial charge in [-0.05, 0) is 25.7 Å². The molecule has 2 nitrogen and oxygen atoms in total. The van der Waals surface area contributed by atoms with Crippen LogP contribution in [0.1, 0.15) is 91.4 Å². The minimum Gasteiger partial charge on any atom is -0.462 e. The van der Waals surface area contributed by atoms with Crippen molar-refractivity contribution in [3.8, 4) is 0 Å². The number of unbranched alkanes of at least 4 members (excludes halogenated alkanes) is 7. The molecule has 0 aliphatic heterocycles. The predicted molar refractivity (Wildman–Crippen MR) is 91.4 cm³/mol. The Kier molecular flexibility index (Phi) is 13.6. The van der Waals surface area contributed by atoms with E-state index in [0.29, 0.717) is 18.1 Å². The minimum absolute atomic E-state index is 0.240. The highest BCUT2D eigenvalue weighted by atomic mass is 16.5. The van der Waals surface area contributed by atoms with Crippen LogP contribution in [0.3, 0.4) is 0 Å². The Labute approximate surface area is 132 Å². The summed E-state index contributed by atoms with van der Waals surface area (Å²) < 4.78 is 5.33. The molecule has 1 unspecified atom stereocenters. The lowest BCUT2D eigenvalue weighted by molar-refractivity contribution is -0.140. The maximum Gasteiger partial charge on any atom is 0.333 e. The summed E-state index contributed by atoms with van der Waals surface area (Å²) in [5.41, 5.74) is 0.500. The fourth-order valence-electron chi connectivity index (χ4n) is 2.51. The van der Waals surface area contributed by atoms with Crippen molar-refractivity contribution in [2.24, 2.45) is 5.92 Å². The van der Waals surface area contributed by atoms with Gasteiger partial charge in [0, 0.05) is 5.57 Å². The highest BCUT2D eigenvalue weighted by Gasteiger charge is 2.12. The third-order valence-corrected chi connectivity index (χ3v) is 3.98. The van der Waals surface area contributed by atoms with E-state index < -0.39 is 0 Å². The smallest absolute Gasteiger partial charge is 0.333 e. The van der Waals surface area contributed by atoms with Crippen LogP contribution in [0.2, 0.25) is 0 Å². The second-order valence-corrected chi connectivity index (χ2v) is 6.30. The number of rotatable bonds is 14. The zero-order chi connectivity index (χ0) is 15.9. The number of carbonyl (C=O) groups excluding carboxylic acids is 1. The van der Waals surface area contributed by atoms with Crippen LogP contribution in [0.15, 0.2) is 12.2 Å². The van der Waals surface area contributed by atoms with Crippen molar-refractivity contribution < 1.29 is 9.53 Å². The van der Waals surface area contributed by atoms with Gasteiger partial charge < -0.3 is 4.74 Å². The molecule has 0 N–H and O–H groups in total. The molecule has 0 aliphatic rings. The minimum atomic E-state index is -0.240. The third-order valence-electron chi connectivity index (χ3n) is 3.98. The van der Waals surface area contributed by atoms with Crippen molar-refractivity contribution in [2.45, 2.75) is 91.4 Å². The zero-order valence-electron chi connectivity index (χ0n) is 14.6. The van der Waals surface area contributed by atoms with Crippen LogP contribution in [0.5, 0.6) is 0 Å². The van der Waals surface area contributed by atoms with Gasteiger partial charge in [-0.2, -0.15) is 0 Å². The maximum atomic E-state index is 11.5. The second-order valence-electron chi connectivity index (χ2n) is 6.30. The number of ether oxygens (including phenoxy) is 1. The van der Waals surface area contributed by atoms with E-state index in [-0.39, 0.29) is 5.97 Å². The van der Waals surface area contributed by atoms with Crippen molar-refractivity contribution >= 4 is 5.97 Å². The highest BCUT2D eigenvalue weighted by molar-refractivity contribution is 5.86. The molecule has 0 bridgehead atoms. The van der Waals surface area contributed by atoms with Crippen molar-refractivity contribution in [3.05, 3.63) is 12.2 Å². The van der Waals surface area contributed by atoms with Gasteiger partial charge in [0.05, 0.1) is 6.61 Å². The molecule has 0 aromatic heterocycles. The van der Waals surface area contributed by atoms with Crippen LogP contribution >= 0.6 is 0 Å². The maximum absolute atomic E-state index is 11.5. The van der Waals surface area contributed by atoms with Crippen molar-refractivity contribution in [2.75, 3.05) is 6.61 Å². The molecule has 0 heterocycles. The van der Waals surface area contributed by atoms with Gasteiger partial charge in [0.1, 0.15) is 0 Å². The van der Waals surface area contributed by atoms with Crippen LogP contribution in [-0.4, -0.2) is 12.6 Å². The number of hydrogen-bond donors (Lipinski definition) is 0. The summed E-state index contributed by atoms with van der Waals surface area (Å²) in [6.45, 7) is 10.4. The third kappa shape index (κ3) is 12.6. The Morgan fingerprint density at radius 1 is 0.905 bits per heavy atom.